The molecule has 0 bridgehead atoms. The standard InChI is InChI=1S/C11H12N2O2/c1-6-4-9-12-8(3)10(11(14)15)13(9)5-7(6)2/h4-5H,1-3H3,(H,14,15). The zero-order valence-corrected chi connectivity index (χ0v) is 8.90. The normalized spacial score (nSPS) is 10.9. The second-order valence-electron chi connectivity index (χ2n) is 3.72. The van der Waals surface area contributed by atoms with Gasteiger partial charge in [0.15, 0.2) is 5.69 Å². The molecule has 1 N–H and O–H groups in total. The summed E-state index contributed by atoms with van der Waals surface area (Å²) in [5, 5.41) is 9.05. The first-order chi connectivity index (χ1) is 7.00. The Labute approximate surface area is 87.2 Å². The number of nitrogens with zero attached hydrogens (tertiary/aromatic N) is 2. The maximum absolute atomic E-state index is 11.0. The fraction of sp³-hybridized carbons (Fsp3) is 0.273. The van der Waals surface area contributed by atoms with E-state index in [0.29, 0.717) is 11.3 Å². The molecule has 2 heterocycles. The van der Waals surface area contributed by atoms with Gasteiger partial charge in [-0.15, -0.1) is 0 Å². The molecule has 0 fully saturated rings. The molecule has 0 radical (unpaired) electrons. The van der Waals surface area contributed by atoms with Gasteiger partial charge in [0.1, 0.15) is 5.65 Å². The minimum absolute atomic E-state index is 0.244. The number of carboxylic acid groups (broad SMARTS) is 1. The van der Waals surface area contributed by atoms with Crippen LogP contribution in [-0.2, 0) is 0 Å². The summed E-state index contributed by atoms with van der Waals surface area (Å²) in [5.41, 5.74) is 3.65. The number of aromatic carboxylic acids is 1. The first kappa shape index (κ1) is 9.71. The molecule has 0 unspecified atom stereocenters. The summed E-state index contributed by atoms with van der Waals surface area (Å²) >= 11 is 0. The third kappa shape index (κ3) is 1.38. The number of rotatable bonds is 1. The average Bonchev–Trinajstić information content (AvgIpc) is 2.41. The van der Waals surface area contributed by atoms with Crippen LogP contribution in [0, 0.1) is 20.8 Å². The van der Waals surface area contributed by atoms with E-state index in [4.69, 9.17) is 5.11 Å². The smallest absolute Gasteiger partial charge is 0.354 e. The average molecular weight is 204 g/mol. The molecule has 0 atom stereocenters. The fourth-order valence-electron chi connectivity index (χ4n) is 1.66. The van der Waals surface area contributed by atoms with Gasteiger partial charge in [-0.1, -0.05) is 0 Å². The van der Waals surface area contributed by atoms with E-state index < -0.39 is 5.97 Å². The lowest BCUT2D eigenvalue weighted by Gasteiger charge is -2.02. The molecule has 0 amide bonds. The highest BCUT2D eigenvalue weighted by Crippen LogP contribution is 2.16. The zero-order chi connectivity index (χ0) is 11.2. The van der Waals surface area contributed by atoms with Crippen LogP contribution in [-0.4, -0.2) is 20.5 Å². The number of aromatic nitrogens is 2. The van der Waals surface area contributed by atoms with Crippen LogP contribution >= 0.6 is 0 Å². The Morgan fingerprint density at radius 1 is 1.33 bits per heavy atom. The number of carbonyl (C=O) groups is 1. The number of fused-ring (bicyclic) bond motifs is 1. The van der Waals surface area contributed by atoms with Crippen molar-refractivity contribution < 1.29 is 9.90 Å². The maximum atomic E-state index is 11.0. The van der Waals surface area contributed by atoms with Crippen molar-refractivity contribution in [3.8, 4) is 0 Å². The molecular formula is C11H12N2O2. The molecule has 2 aromatic heterocycles. The molecule has 0 aliphatic heterocycles. The van der Waals surface area contributed by atoms with E-state index >= 15 is 0 Å². The van der Waals surface area contributed by atoms with Gasteiger partial charge in [-0.05, 0) is 38.0 Å². The van der Waals surface area contributed by atoms with Crippen LogP contribution in [0.15, 0.2) is 12.3 Å². The van der Waals surface area contributed by atoms with Gasteiger partial charge in [-0.3, -0.25) is 4.40 Å². The van der Waals surface area contributed by atoms with E-state index in [1.165, 1.54) is 0 Å². The van der Waals surface area contributed by atoms with Crippen LogP contribution in [0.2, 0.25) is 0 Å². The Morgan fingerprint density at radius 3 is 2.60 bits per heavy atom. The monoisotopic (exact) mass is 204 g/mol. The molecule has 0 aliphatic carbocycles. The van der Waals surface area contributed by atoms with Crippen molar-refractivity contribution in [1.82, 2.24) is 9.38 Å². The number of imidazole rings is 1. The Bertz CT molecular complexity index is 555. The molecule has 4 heteroatoms. The van der Waals surface area contributed by atoms with E-state index in [2.05, 4.69) is 4.98 Å². The van der Waals surface area contributed by atoms with Crippen molar-refractivity contribution >= 4 is 11.6 Å². The van der Waals surface area contributed by atoms with Gasteiger partial charge in [0.2, 0.25) is 0 Å². The number of hydrogen-bond acceptors (Lipinski definition) is 2. The van der Waals surface area contributed by atoms with Gasteiger partial charge in [-0.2, -0.15) is 0 Å². The third-order valence-corrected chi connectivity index (χ3v) is 2.61. The largest absolute Gasteiger partial charge is 0.477 e. The Kier molecular flexibility index (Phi) is 2.00. The highest BCUT2D eigenvalue weighted by Gasteiger charge is 2.15. The Balaban J connectivity index is 2.87. The summed E-state index contributed by atoms with van der Waals surface area (Å²) in [6.45, 7) is 5.65. The molecule has 0 saturated carbocycles. The van der Waals surface area contributed by atoms with E-state index in [0.717, 1.165) is 11.1 Å². The van der Waals surface area contributed by atoms with E-state index in [1.54, 1.807) is 11.3 Å². The Morgan fingerprint density at radius 2 is 2.00 bits per heavy atom. The molecule has 4 nitrogen and oxygen atoms in total. The van der Waals surface area contributed by atoms with Crippen molar-refractivity contribution in [1.29, 1.82) is 0 Å². The zero-order valence-electron chi connectivity index (χ0n) is 8.90. The van der Waals surface area contributed by atoms with Crippen molar-refractivity contribution in [2.75, 3.05) is 0 Å². The predicted molar refractivity (Wildman–Crippen MR) is 56.4 cm³/mol. The summed E-state index contributed by atoms with van der Waals surface area (Å²) in [4.78, 5) is 15.3. The lowest BCUT2D eigenvalue weighted by atomic mass is 10.2. The lowest BCUT2D eigenvalue weighted by molar-refractivity contribution is 0.0688. The van der Waals surface area contributed by atoms with Crippen LogP contribution in [0.5, 0.6) is 0 Å². The molecule has 0 aliphatic rings. The summed E-state index contributed by atoms with van der Waals surface area (Å²) in [5.74, 6) is -0.941. The first-order valence-electron chi connectivity index (χ1n) is 4.70. The van der Waals surface area contributed by atoms with Gasteiger partial charge in [0, 0.05) is 6.20 Å². The minimum atomic E-state index is -0.941. The van der Waals surface area contributed by atoms with Gasteiger partial charge in [-0.25, -0.2) is 9.78 Å². The maximum Gasteiger partial charge on any atom is 0.354 e. The minimum Gasteiger partial charge on any atom is -0.477 e. The summed E-state index contributed by atoms with van der Waals surface area (Å²) in [7, 11) is 0. The SMILES string of the molecule is Cc1cc2nc(C)c(C(=O)O)n2cc1C. The highest BCUT2D eigenvalue weighted by molar-refractivity contribution is 5.88. The molecule has 78 valence electrons. The molecule has 0 spiro atoms. The van der Waals surface area contributed by atoms with Crippen molar-refractivity contribution in [2.24, 2.45) is 0 Å². The third-order valence-electron chi connectivity index (χ3n) is 2.61. The number of carboxylic acids is 1. The molecule has 2 aromatic rings. The number of hydrogen-bond donors (Lipinski definition) is 1. The number of aryl methyl sites for hydroxylation is 3. The van der Waals surface area contributed by atoms with Crippen LogP contribution in [0.1, 0.15) is 27.3 Å². The Hall–Kier alpha value is -1.84. The van der Waals surface area contributed by atoms with E-state index in [9.17, 15) is 4.79 Å². The van der Waals surface area contributed by atoms with Crippen LogP contribution in [0.3, 0.4) is 0 Å². The van der Waals surface area contributed by atoms with E-state index in [1.807, 2.05) is 26.1 Å². The summed E-state index contributed by atoms with van der Waals surface area (Å²) in [6.07, 6.45) is 1.81. The van der Waals surface area contributed by atoms with Gasteiger partial charge < -0.3 is 5.11 Å². The first-order valence-corrected chi connectivity index (χ1v) is 4.70. The molecule has 2 rings (SSSR count). The predicted octanol–water partition coefficient (Wildman–Crippen LogP) is 1.96. The van der Waals surface area contributed by atoms with Crippen LogP contribution in [0.25, 0.3) is 5.65 Å². The van der Waals surface area contributed by atoms with Gasteiger partial charge in [0.25, 0.3) is 0 Å². The van der Waals surface area contributed by atoms with Crippen LogP contribution < -0.4 is 0 Å². The van der Waals surface area contributed by atoms with Crippen molar-refractivity contribution in [2.45, 2.75) is 20.8 Å². The van der Waals surface area contributed by atoms with E-state index in [-0.39, 0.29) is 5.69 Å². The van der Waals surface area contributed by atoms with Gasteiger partial charge in [0.05, 0.1) is 5.69 Å². The second kappa shape index (κ2) is 3.08. The highest BCUT2D eigenvalue weighted by atomic mass is 16.4. The summed E-state index contributed by atoms with van der Waals surface area (Å²) in [6, 6.07) is 1.90. The quantitative estimate of drug-likeness (QED) is 0.772. The number of pyridine rings is 1. The van der Waals surface area contributed by atoms with Gasteiger partial charge >= 0.3 is 5.97 Å². The lowest BCUT2D eigenvalue weighted by Crippen LogP contribution is -2.04. The van der Waals surface area contributed by atoms with Crippen LogP contribution in [0.4, 0.5) is 0 Å². The second-order valence-corrected chi connectivity index (χ2v) is 3.72. The molecule has 15 heavy (non-hydrogen) atoms. The van der Waals surface area contributed by atoms with Crippen molar-refractivity contribution in [3.63, 3.8) is 0 Å². The fourth-order valence-corrected chi connectivity index (χ4v) is 1.66. The molecular weight excluding hydrogens is 192 g/mol. The summed E-state index contributed by atoms with van der Waals surface area (Å²) < 4.78 is 1.62. The molecule has 0 aromatic carbocycles. The topological polar surface area (TPSA) is 54.6 Å². The van der Waals surface area contributed by atoms with Crippen molar-refractivity contribution in [3.05, 3.63) is 34.8 Å². The molecule has 0 saturated heterocycles.